The molecular formula is C20H17N3O3S. The molecule has 4 rings (SSSR count). The Balaban J connectivity index is 1.90. The third-order valence-corrected chi connectivity index (χ3v) is 5.49. The first-order valence-corrected chi connectivity index (χ1v) is 9.38. The van der Waals surface area contributed by atoms with Crippen molar-refractivity contribution in [3.63, 3.8) is 0 Å². The highest BCUT2D eigenvalue weighted by Crippen LogP contribution is 2.43. The van der Waals surface area contributed by atoms with Crippen LogP contribution in [0.3, 0.4) is 0 Å². The summed E-state index contributed by atoms with van der Waals surface area (Å²) in [4.78, 5) is 36.0. The van der Waals surface area contributed by atoms with E-state index in [1.165, 1.54) is 16.2 Å². The van der Waals surface area contributed by atoms with Crippen LogP contribution in [0.15, 0.2) is 60.0 Å². The molecule has 136 valence electrons. The number of carbonyl (C=O) groups excluding carboxylic acids is 2. The highest BCUT2D eigenvalue weighted by molar-refractivity contribution is 7.22. The molecule has 1 unspecified atom stereocenters. The number of hydrogen-bond donors (Lipinski definition) is 1. The Kier molecular flexibility index (Phi) is 4.24. The van der Waals surface area contributed by atoms with Gasteiger partial charge in [-0.15, -0.1) is 0 Å². The number of anilines is 1. The lowest BCUT2D eigenvalue weighted by Crippen LogP contribution is -2.31. The number of thiazole rings is 1. The van der Waals surface area contributed by atoms with Gasteiger partial charge in [0, 0.05) is 12.1 Å². The minimum Gasteiger partial charge on any atom is -0.503 e. The third-order valence-electron chi connectivity index (χ3n) is 4.45. The molecule has 1 N–H and O–H groups in total. The number of aliphatic hydroxyl groups is 1. The van der Waals surface area contributed by atoms with E-state index < -0.39 is 17.7 Å². The van der Waals surface area contributed by atoms with Crippen molar-refractivity contribution >= 4 is 38.4 Å². The molecule has 1 amide bonds. The molecule has 7 heteroatoms. The second kappa shape index (κ2) is 6.59. The van der Waals surface area contributed by atoms with Crippen molar-refractivity contribution in [1.82, 2.24) is 9.97 Å². The van der Waals surface area contributed by atoms with E-state index in [0.29, 0.717) is 10.8 Å². The van der Waals surface area contributed by atoms with Gasteiger partial charge in [0.05, 0.1) is 21.5 Å². The van der Waals surface area contributed by atoms with Crippen LogP contribution in [0.25, 0.3) is 10.2 Å². The van der Waals surface area contributed by atoms with Crippen molar-refractivity contribution < 1.29 is 14.7 Å². The molecule has 1 aliphatic rings. The Hall–Kier alpha value is -3.06. The molecule has 0 radical (unpaired) electrons. The topological polar surface area (TPSA) is 83.4 Å². The lowest BCUT2D eigenvalue weighted by Gasteiger charge is -2.24. The van der Waals surface area contributed by atoms with Crippen molar-refractivity contribution in [2.24, 2.45) is 5.92 Å². The van der Waals surface area contributed by atoms with Crippen molar-refractivity contribution in [1.29, 1.82) is 0 Å². The summed E-state index contributed by atoms with van der Waals surface area (Å²) in [7, 11) is 0. The normalized spacial score (nSPS) is 17.4. The van der Waals surface area contributed by atoms with Crippen LogP contribution < -0.4 is 4.90 Å². The molecule has 0 saturated carbocycles. The molecule has 1 aliphatic heterocycles. The molecular weight excluding hydrogens is 362 g/mol. The van der Waals surface area contributed by atoms with Gasteiger partial charge in [-0.05, 0) is 24.3 Å². The van der Waals surface area contributed by atoms with Crippen LogP contribution in [0.1, 0.15) is 25.6 Å². The van der Waals surface area contributed by atoms with Gasteiger partial charge in [0.2, 0.25) is 0 Å². The Morgan fingerprint density at radius 3 is 2.59 bits per heavy atom. The van der Waals surface area contributed by atoms with Gasteiger partial charge in [0.25, 0.3) is 5.91 Å². The molecule has 0 saturated heterocycles. The van der Waals surface area contributed by atoms with Gasteiger partial charge >= 0.3 is 0 Å². The molecule has 27 heavy (non-hydrogen) atoms. The SMILES string of the molecule is CC(C)C(=O)C1=C(O)C(=O)N(c2nc3ccccc3s2)C1c1ccccn1. The third kappa shape index (κ3) is 2.80. The predicted molar refractivity (Wildman–Crippen MR) is 104 cm³/mol. The number of fused-ring (bicyclic) bond motifs is 1. The van der Waals surface area contributed by atoms with Gasteiger partial charge in [-0.2, -0.15) is 0 Å². The maximum absolute atomic E-state index is 12.9. The summed E-state index contributed by atoms with van der Waals surface area (Å²) in [5, 5.41) is 11.0. The van der Waals surface area contributed by atoms with Crippen molar-refractivity contribution in [3.8, 4) is 0 Å². The van der Waals surface area contributed by atoms with Crippen LogP contribution in [-0.4, -0.2) is 26.8 Å². The van der Waals surface area contributed by atoms with Crippen LogP contribution in [0.2, 0.25) is 0 Å². The molecule has 0 bridgehead atoms. The zero-order valence-electron chi connectivity index (χ0n) is 14.8. The van der Waals surface area contributed by atoms with Gasteiger partial charge in [-0.1, -0.05) is 43.4 Å². The summed E-state index contributed by atoms with van der Waals surface area (Å²) in [6, 6.07) is 12.0. The number of ketones is 1. The molecule has 1 aromatic carbocycles. The Labute approximate surface area is 159 Å². The van der Waals surface area contributed by atoms with Gasteiger partial charge < -0.3 is 5.11 Å². The maximum atomic E-state index is 12.9. The first-order valence-electron chi connectivity index (χ1n) is 8.56. The standard InChI is InChI=1S/C20H17N3O3S/c1-11(2)17(24)15-16(13-8-5-6-10-21-13)23(19(26)18(15)25)20-22-12-7-3-4-9-14(12)27-20/h3-11,16,25H,1-2H3. The number of aromatic nitrogens is 2. The number of hydrogen-bond acceptors (Lipinski definition) is 6. The predicted octanol–water partition coefficient (Wildman–Crippen LogP) is 3.82. The van der Waals surface area contributed by atoms with E-state index in [1.807, 2.05) is 24.3 Å². The van der Waals surface area contributed by atoms with Crippen molar-refractivity contribution in [2.75, 3.05) is 4.90 Å². The smallest absolute Gasteiger partial charge is 0.296 e. The highest BCUT2D eigenvalue weighted by atomic mass is 32.1. The maximum Gasteiger partial charge on any atom is 0.296 e. The summed E-state index contributed by atoms with van der Waals surface area (Å²) >= 11 is 1.34. The van der Waals surface area contributed by atoms with Crippen LogP contribution >= 0.6 is 11.3 Å². The fourth-order valence-electron chi connectivity index (χ4n) is 3.15. The highest BCUT2D eigenvalue weighted by Gasteiger charge is 2.46. The van der Waals surface area contributed by atoms with Crippen molar-refractivity contribution in [3.05, 3.63) is 65.7 Å². The molecule has 6 nitrogen and oxygen atoms in total. The monoisotopic (exact) mass is 379 g/mol. The van der Waals surface area contributed by atoms with Gasteiger partial charge in [0.15, 0.2) is 16.7 Å². The summed E-state index contributed by atoms with van der Waals surface area (Å²) in [5.74, 6) is -1.80. The molecule has 1 atom stereocenters. The summed E-state index contributed by atoms with van der Waals surface area (Å²) < 4.78 is 0.920. The number of carbonyl (C=O) groups is 2. The second-order valence-electron chi connectivity index (χ2n) is 6.58. The van der Waals surface area contributed by atoms with E-state index in [2.05, 4.69) is 9.97 Å². The van der Waals surface area contributed by atoms with Crippen LogP contribution in [-0.2, 0) is 9.59 Å². The summed E-state index contributed by atoms with van der Waals surface area (Å²) in [6.07, 6.45) is 1.60. The lowest BCUT2D eigenvalue weighted by atomic mass is 9.94. The second-order valence-corrected chi connectivity index (χ2v) is 7.59. The zero-order valence-corrected chi connectivity index (χ0v) is 15.6. The van der Waals surface area contributed by atoms with Crippen molar-refractivity contribution in [2.45, 2.75) is 19.9 Å². The minimum atomic E-state index is -0.797. The minimum absolute atomic E-state index is 0.0768. The molecule has 0 spiro atoms. The Bertz CT molecular complexity index is 1040. The molecule has 3 aromatic rings. The van der Waals surface area contributed by atoms with Gasteiger partial charge in [-0.3, -0.25) is 19.5 Å². The zero-order chi connectivity index (χ0) is 19.1. The molecule has 0 fully saturated rings. The Morgan fingerprint density at radius 2 is 1.93 bits per heavy atom. The summed E-state index contributed by atoms with van der Waals surface area (Å²) in [5.41, 5.74) is 1.35. The van der Waals surface area contributed by atoms with E-state index in [-0.39, 0.29) is 17.3 Å². The number of amides is 1. The molecule has 3 heterocycles. The molecule has 2 aromatic heterocycles. The van der Waals surface area contributed by atoms with E-state index in [1.54, 1.807) is 38.2 Å². The number of Topliss-reactive ketones (excluding diaryl/α,β-unsaturated/α-hetero) is 1. The number of pyridine rings is 1. The average molecular weight is 379 g/mol. The van der Waals surface area contributed by atoms with Crippen LogP contribution in [0.4, 0.5) is 5.13 Å². The van der Waals surface area contributed by atoms with E-state index >= 15 is 0 Å². The number of benzene rings is 1. The first kappa shape index (κ1) is 17.4. The molecule has 0 aliphatic carbocycles. The average Bonchev–Trinajstić information content (AvgIpc) is 3.21. The summed E-state index contributed by atoms with van der Waals surface area (Å²) in [6.45, 7) is 3.48. The number of aliphatic hydroxyl groups excluding tert-OH is 1. The number of rotatable bonds is 4. The van der Waals surface area contributed by atoms with Gasteiger partial charge in [-0.25, -0.2) is 4.98 Å². The van der Waals surface area contributed by atoms with E-state index in [4.69, 9.17) is 0 Å². The lowest BCUT2D eigenvalue weighted by molar-refractivity contribution is -0.119. The fourth-order valence-corrected chi connectivity index (χ4v) is 4.14. The van der Waals surface area contributed by atoms with Crippen LogP contribution in [0, 0.1) is 5.92 Å². The van der Waals surface area contributed by atoms with E-state index in [9.17, 15) is 14.7 Å². The number of para-hydroxylation sites is 1. The van der Waals surface area contributed by atoms with E-state index in [0.717, 1.165) is 10.2 Å². The first-order chi connectivity index (χ1) is 13.0. The quantitative estimate of drug-likeness (QED) is 0.745. The fraction of sp³-hybridized carbons (Fsp3) is 0.200. The largest absolute Gasteiger partial charge is 0.503 e. The van der Waals surface area contributed by atoms with Crippen LogP contribution in [0.5, 0.6) is 0 Å². The Morgan fingerprint density at radius 1 is 1.19 bits per heavy atom. The van der Waals surface area contributed by atoms with Gasteiger partial charge in [0.1, 0.15) is 6.04 Å². The number of nitrogens with zero attached hydrogens (tertiary/aromatic N) is 3.